The molecule has 3 N–H and O–H groups in total. The molecule has 3 heterocycles. The zero-order valence-corrected chi connectivity index (χ0v) is 15.6. The van der Waals surface area contributed by atoms with E-state index in [4.69, 9.17) is 9.90 Å². The van der Waals surface area contributed by atoms with E-state index in [1.807, 2.05) is 0 Å². The lowest BCUT2D eigenvalue weighted by atomic mass is 10.1. The molecular formula is C20H14F5N3O3. The Kier molecular flexibility index (Phi) is 6.04. The number of halogens is 5. The lowest BCUT2D eigenvalue weighted by molar-refractivity contribution is -0.192. The molecule has 0 aliphatic carbocycles. The van der Waals surface area contributed by atoms with Crippen molar-refractivity contribution < 1.29 is 36.6 Å². The van der Waals surface area contributed by atoms with E-state index in [1.54, 1.807) is 18.2 Å². The van der Waals surface area contributed by atoms with Crippen LogP contribution < -0.4 is 5.32 Å². The number of carbonyl (C=O) groups is 2. The monoisotopic (exact) mass is 439 g/mol. The van der Waals surface area contributed by atoms with E-state index < -0.39 is 23.8 Å². The maximum Gasteiger partial charge on any atom is 0.490 e. The highest BCUT2D eigenvalue weighted by atomic mass is 19.4. The van der Waals surface area contributed by atoms with Gasteiger partial charge in [-0.25, -0.2) is 13.6 Å². The summed E-state index contributed by atoms with van der Waals surface area (Å²) in [6.45, 7) is 0.591. The maximum atomic E-state index is 14.0. The van der Waals surface area contributed by atoms with E-state index in [0.29, 0.717) is 17.7 Å². The van der Waals surface area contributed by atoms with E-state index >= 15 is 0 Å². The van der Waals surface area contributed by atoms with Crippen molar-refractivity contribution in [2.24, 2.45) is 0 Å². The van der Waals surface area contributed by atoms with Crippen molar-refractivity contribution in [2.75, 3.05) is 6.54 Å². The van der Waals surface area contributed by atoms with Gasteiger partial charge in [0, 0.05) is 36.1 Å². The summed E-state index contributed by atoms with van der Waals surface area (Å²) in [5.74, 6) is -4.20. The number of aromatic amines is 1. The van der Waals surface area contributed by atoms with Gasteiger partial charge in [0.15, 0.2) is 0 Å². The molecule has 31 heavy (non-hydrogen) atoms. The number of H-pyrrole nitrogens is 1. The van der Waals surface area contributed by atoms with E-state index in [-0.39, 0.29) is 17.2 Å². The molecule has 0 spiro atoms. The molecule has 1 amide bonds. The van der Waals surface area contributed by atoms with Gasteiger partial charge in [-0.05, 0) is 30.3 Å². The molecule has 0 saturated heterocycles. The van der Waals surface area contributed by atoms with Crippen LogP contribution in [0.4, 0.5) is 22.0 Å². The van der Waals surface area contributed by atoms with Crippen LogP contribution in [0.25, 0.3) is 22.5 Å². The first-order valence-corrected chi connectivity index (χ1v) is 8.79. The van der Waals surface area contributed by atoms with Gasteiger partial charge in [0.05, 0.1) is 16.8 Å². The van der Waals surface area contributed by atoms with Gasteiger partial charge in [-0.15, -0.1) is 0 Å². The van der Waals surface area contributed by atoms with Crippen molar-refractivity contribution in [1.82, 2.24) is 15.3 Å². The smallest absolute Gasteiger partial charge is 0.475 e. The second kappa shape index (κ2) is 8.54. The van der Waals surface area contributed by atoms with Crippen molar-refractivity contribution in [2.45, 2.75) is 12.6 Å². The first-order chi connectivity index (χ1) is 14.6. The van der Waals surface area contributed by atoms with Gasteiger partial charge in [-0.1, -0.05) is 6.07 Å². The van der Waals surface area contributed by atoms with E-state index in [9.17, 15) is 26.7 Å². The van der Waals surface area contributed by atoms with Crippen LogP contribution in [0.2, 0.25) is 0 Å². The number of nitrogens with zero attached hydrogens (tertiary/aromatic N) is 1. The predicted octanol–water partition coefficient (Wildman–Crippen LogP) is 3.94. The molecule has 0 atom stereocenters. The fourth-order valence-electron chi connectivity index (χ4n) is 2.93. The Morgan fingerprint density at radius 3 is 2.32 bits per heavy atom. The van der Waals surface area contributed by atoms with Crippen molar-refractivity contribution in [3.05, 3.63) is 65.5 Å². The summed E-state index contributed by atoms with van der Waals surface area (Å²) in [6, 6.07) is 8.80. The fourth-order valence-corrected chi connectivity index (χ4v) is 2.93. The van der Waals surface area contributed by atoms with E-state index in [1.165, 1.54) is 24.4 Å². The highest BCUT2D eigenvalue weighted by Crippen LogP contribution is 2.29. The average Bonchev–Trinajstić information content (AvgIpc) is 3.14. The van der Waals surface area contributed by atoms with Crippen LogP contribution in [-0.2, 0) is 11.2 Å². The van der Waals surface area contributed by atoms with Crippen molar-refractivity contribution in [3.8, 4) is 22.5 Å². The molecule has 11 heteroatoms. The van der Waals surface area contributed by atoms with Crippen LogP contribution in [0.5, 0.6) is 0 Å². The second-order valence-electron chi connectivity index (χ2n) is 6.41. The molecule has 4 rings (SSSR count). The summed E-state index contributed by atoms with van der Waals surface area (Å²) in [7, 11) is 0. The van der Waals surface area contributed by atoms with Crippen molar-refractivity contribution in [3.63, 3.8) is 0 Å². The zero-order chi connectivity index (χ0) is 22.8. The summed E-state index contributed by atoms with van der Waals surface area (Å²) >= 11 is 0. The number of alkyl halides is 3. The van der Waals surface area contributed by atoms with Crippen molar-refractivity contribution in [1.29, 1.82) is 0 Å². The second-order valence-corrected chi connectivity index (χ2v) is 6.41. The third-order valence-electron chi connectivity index (χ3n) is 4.34. The van der Waals surface area contributed by atoms with Gasteiger partial charge in [-0.3, -0.25) is 9.78 Å². The van der Waals surface area contributed by atoms with Crippen LogP contribution >= 0.6 is 0 Å². The molecule has 3 aromatic rings. The predicted molar refractivity (Wildman–Crippen MR) is 99.1 cm³/mol. The number of aliphatic carboxylic acids is 1. The third kappa shape index (κ3) is 4.87. The lowest BCUT2D eigenvalue weighted by Gasteiger charge is -2.11. The zero-order valence-electron chi connectivity index (χ0n) is 15.6. The third-order valence-corrected chi connectivity index (χ3v) is 4.34. The highest BCUT2D eigenvalue weighted by Gasteiger charge is 2.38. The Morgan fingerprint density at radius 1 is 1.10 bits per heavy atom. The number of hydrogen-bond acceptors (Lipinski definition) is 3. The van der Waals surface area contributed by atoms with Crippen LogP contribution in [0.3, 0.4) is 0 Å². The normalized spacial score (nSPS) is 13.0. The Hall–Kier alpha value is -3.76. The highest BCUT2D eigenvalue weighted by molar-refractivity contribution is 5.97. The molecule has 0 unspecified atom stereocenters. The summed E-state index contributed by atoms with van der Waals surface area (Å²) in [6.07, 6.45) is -2.86. The van der Waals surface area contributed by atoms with Crippen LogP contribution in [0, 0.1) is 11.6 Å². The maximum absolute atomic E-state index is 14.0. The number of carbonyl (C=O) groups excluding carboxylic acids is 1. The Morgan fingerprint density at radius 2 is 1.74 bits per heavy atom. The summed E-state index contributed by atoms with van der Waals surface area (Å²) in [5, 5.41) is 9.91. The number of aromatic nitrogens is 2. The molecule has 0 radical (unpaired) electrons. The molecule has 162 valence electrons. The van der Waals surface area contributed by atoms with Gasteiger partial charge in [0.25, 0.3) is 5.91 Å². The molecule has 1 aliphatic heterocycles. The van der Waals surface area contributed by atoms with Crippen molar-refractivity contribution >= 4 is 11.9 Å². The molecular weight excluding hydrogens is 425 g/mol. The van der Waals surface area contributed by atoms with Gasteiger partial charge in [-0.2, -0.15) is 13.2 Å². The number of pyridine rings is 1. The number of carboxylic acids is 1. The minimum Gasteiger partial charge on any atom is -0.475 e. The van der Waals surface area contributed by atoms with Gasteiger partial charge in [0.2, 0.25) is 0 Å². The summed E-state index contributed by atoms with van der Waals surface area (Å²) in [4.78, 5) is 28.1. The average molecular weight is 439 g/mol. The number of benzene rings is 1. The Labute approximate surface area is 171 Å². The number of fused-ring (bicyclic) bond motifs is 1. The molecule has 0 saturated carbocycles. The molecule has 0 bridgehead atoms. The minimum atomic E-state index is -5.08. The largest absolute Gasteiger partial charge is 0.490 e. The van der Waals surface area contributed by atoms with Crippen LogP contribution in [0.15, 0.2) is 42.6 Å². The number of nitrogens with one attached hydrogen (secondary N) is 2. The Balaban J connectivity index is 0.000000339. The SMILES string of the molecule is O=C(O)C(F)(F)F.O=C1NCCc2[nH]c(-c3ccnc(-c4c(F)cccc4F)c3)cc21. The first-order valence-electron chi connectivity index (χ1n) is 8.79. The topological polar surface area (TPSA) is 95.1 Å². The van der Waals surface area contributed by atoms with Gasteiger partial charge < -0.3 is 15.4 Å². The van der Waals surface area contributed by atoms with Crippen LogP contribution in [0.1, 0.15) is 16.1 Å². The quantitative estimate of drug-likeness (QED) is 0.527. The van der Waals surface area contributed by atoms with Gasteiger partial charge >= 0.3 is 12.1 Å². The fraction of sp³-hybridized carbons (Fsp3) is 0.150. The number of amides is 1. The number of rotatable bonds is 2. The molecule has 1 aromatic carbocycles. The molecule has 2 aromatic heterocycles. The molecule has 0 fully saturated rings. The minimum absolute atomic E-state index is 0.117. The summed E-state index contributed by atoms with van der Waals surface area (Å²) in [5.41, 5.74) is 2.95. The first kappa shape index (κ1) is 21.9. The standard InChI is InChI=1S/C18H13F2N3O.C2HF3O2/c19-12-2-1-3-13(20)17(12)16-8-10(4-6-21-16)15-9-11-14(23-15)5-7-22-18(11)24;3-2(4,5)1(6)7/h1-4,6,8-9,23H,5,7H2,(H,22,24);(H,6,7). The Bertz CT molecular complexity index is 1120. The molecule has 1 aliphatic rings. The lowest BCUT2D eigenvalue weighted by Crippen LogP contribution is -2.31. The van der Waals surface area contributed by atoms with Gasteiger partial charge in [0.1, 0.15) is 11.6 Å². The summed E-state index contributed by atoms with van der Waals surface area (Å²) < 4.78 is 59.7. The number of hydrogen-bond donors (Lipinski definition) is 3. The van der Waals surface area contributed by atoms with E-state index in [0.717, 1.165) is 17.8 Å². The molecule has 6 nitrogen and oxygen atoms in total. The number of carboxylic acid groups (broad SMARTS) is 1. The van der Waals surface area contributed by atoms with Crippen LogP contribution in [-0.4, -0.2) is 39.7 Å². The van der Waals surface area contributed by atoms with E-state index in [2.05, 4.69) is 15.3 Å².